The molecule has 36 heavy (non-hydrogen) atoms. The number of anilines is 1. The molecule has 0 aliphatic carbocycles. The number of carbonyl (C=O) groups is 1. The first-order valence-corrected chi connectivity index (χ1v) is 11.5. The van der Waals surface area contributed by atoms with E-state index in [0.717, 1.165) is 22.0 Å². The molecule has 2 heterocycles. The van der Waals surface area contributed by atoms with Gasteiger partial charge in [0.2, 0.25) is 5.91 Å². The summed E-state index contributed by atoms with van der Waals surface area (Å²) in [5.74, 6) is 0.791. The summed E-state index contributed by atoms with van der Waals surface area (Å²) >= 11 is 0. The van der Waals surface area contributed by atoms with Crippen LogP contribution in [0.5, 0.6) is 11.5 Å². The lowest BCUT2D eigenvalue weighted by atomic mass is 10.1. The molecule has 8 heteroatoms. The molecule has 0 radical (unpaired) electrons. The molecule has 0 spiro atoms. The maximum absolute atomic E-state index is 13.7. The van der Waals surface area contributed by atoms with Crippen LogP contribution in [0, 0.1) is 6.92 Å². The summed E-state index contributed by atoms with van der Waals surface area (Å²) in [5.41, 5.74) is 4.05. The molecule has 0 saturated heterocycles. The Balaban J connectivity index is 1.59. The van der Waals surface area contributed by atoms with Gasteiger partial charge in [0.25, 0.3) is 5.56 Å². The largest absolute Gasteiger partial charge is 0.497 e. The van der Waals surface area contributed by atoms with E-state index in [1.54, 1.807) is 40.8 Å². The summed E-state index contributed by atoms with van der Waals surface area (Å²) in [6, 6.07) is 20.8. The van der Waals surface area contributed by atoms with Crippen molar-refractivity contribution in [2.24, 2.45) is 0 Å². The highest BCUT2D eigenvalue weighted by atomic mass is 16.5. The summed E-state index contributed by atoms with van der Waals surface area (Å²) in [6.45, 7) is 2.30. The highest BCUT2D eigenvalue weighted by Crippen LogP contribution is 2.30. The maximum Gasteiger partial charge on any atom is 0.278 e. The molecule has 5 aromatic rings. The van der Waals surface area contributed by atoms with Crippen LogP contribution >= 0.6 is 0 Å². The van der Waals surface area contributed by atoms with Crippen LogP contribution in [0.4, 0.5) is 5.69 Å². The number of aryl methyl sites for hydroxylation is 1. The number of rotatable bonds is 7. The van der Waals surface area contributed by atoms with Crippen LogP contribution in [0.15, 0.2) is 77.9 Å². The quantitative estimate of drug-likeness (QED) is 0.372. The zero-order valence-electron chi connectivity index (χ0n) is 20.3. The van der Waals surface area contributed by atoms with E-state index in [9.17, 15) is 9.59 Å². The van der Waals surface area contributed by atoms with Gasteiger partial charge in [-0.05, 0) is 36.8 Å². The first-order valence-electron chi connectivity index (χ1n) is 11.5. The van der Waals surface area contributed by atoms with Crippen molar-refractivity contribution < 1.29 is 14.3 Å². The average molecular weight is 483 g/mol. The van der Waals surface area contributed by atoms with E-state index in [0.29, 0.717) is 34.8 Å². The average Bonchev–Trinajstić information content (AvgIpc) is 3.19. The summed E-state index contributed by atoms with van der Waals surface area (Å²) in [5, 5.41) is 3.73. The monoisotopic (exact) mass is 482 g/mol. The Labute approximate surface area is 207 Å². The Morgan fingerprint density at radius 3 is 2.56 bits per heavy atom. The third-order valence-electron chi connectivity index (χ3n) is 6.16. The molecule has 0 aliphatic rings. The highest BCUT2D eigenvalue weighted by molar-refractivity contribution is 6.07. The van der Waals surface area contributed by atoms with E-state index in [1.807, 2.05) is 55.5 Å². The molecule has 0 saturated carbocycles. The predicted octanol–water partition coefficient (Wildman–Crippen LogP) is 4.36. The molecule has 0 bridgehead atoms. The second-order valence-electron chi connectivity index (χ2n) is 8.58. The van der Waals surface area contributed by atoms with Gasteiger partial charge in [-0.15, -0.1) is 0 Å². The number of carbonyl (C=O) groups excluding carboxylic acids is 1. The maximum atomic E-state index is 13.7. The van der Waals surface area contributed by atoms with Gasteiger partial charge >= 0.3 is 0 Å². The topological polar surface area (TPSA) is 87.4 Å². The van der Waals surface area contributed by atoms with Gasteiger partial charge in [-0.25, -0.2) is 4.98 Å². The molecule has 0 aliphatic heterocycles. The summed E-state index contributed by atoms with van der Waals surface area (Å²) < 4.78 is 14.0. The molecule has 182 valence electrons. The van der Waals surface area contributed by atoms with Gasteiger partial charge in [0.05, 0.1) is 38.3 Å². The van der Waals surface area contributed by atoms with Crippen molar-refractivity contribution in [2.75, 3.05) is 19.5 Å². The number of ether oxygens (including phenoxy) is 2. The second-order valence-corrected chi connectivity index (χ2v) is 8.58. The van der Waals surface area contributed by atoms with Crippen molar-refractivity contribution >= 4 is 33.5 Å². The Morgan fingerprint density at radius 1 is 1.00 bits per heavy atom. The SMILES string of the molecule is COc1ccc(OC)c(NC(=O)Cn2c3ccc(C)cc3c3ncn(Cc4ccccc4)c(=O)c32)c1. The van der Waals surface area contributed by atoms with E-state index >= 15 is 0 Å². The lowest BCUT2D eigenvalue weighted by Gasteiger charge is -2.13. The van der Waals surface area contributed by atoms with Gasteiger partial charge in [-0.1, -0.05) is 42.0 Å². The van der Waals surface area contributed by atoms with Crippen LogP contribution in [0.2, 0.25) is 0 Å². The third kappa shape index (κ3) is 4.29. The minimum Gasteiger partial charge on any atom is -0.497 e. The van der Waals surface area contributed by atoms with Crippen LogP contribution in [0.1, 0.15) is 11.1 Å². The lowest BCUT2D eigenvalue weighted by Crippen LogP contribution is -2.25. The fourth-order valence-corrected chi connectivity index (χ4v) is 4.42. The zero-order valence-corrected chi connectivity index (χ0v) is 20.3. The molecule has 8 nitrogen and oxygen atoms in total. The smallest absolute Gasteiger partial charge is 0.278 e. The lowest BCUT2D eigenvalue weighted by molar-refractivity contribution is -0.116. The summed E-state index contributed by atoms with van der Waals surface area (Å²) in [4.78, 5) is 31.5. The summed E-state index contributed by atoms with van der Waals surface area (Å²) in [7, 11) is 3.09. The fourth-order valence-electron chi connectivity index (χ4n) is 4.42. The Kier molecular flexibility index (Phi) is 6.16. The van der Waals surface area contributed by atoms with Gasteiger partial charge in [0, 0.05) is 11.5 Å². The van der Waals surface area contributed by atoms with Gasteiger partial charge in [-0.3, -0.25) is 14.2 Å². The van der Waals surface area contributed by atoms with Crippen molar-refractivity contribution in [3.8, 4) is 11.5 Å². The normalized spacial score (nSPS) is 11.1. The van der Waals surface area contributed by atoms with Crippen molar-refractivity contribution in [3.63, 3.8) is 0 Å². The van der Waals surface area contributed by atoms with Gasteiger partial charge in [0.15, 0.2) is 0 Å². The Morgan fingerprint density at radius 2 is 1.81 bits per heavy atom. The standard InChI is InChI=1S/C28H26N4O4/c1-18-9-11-23-21(13-18)26-27(28(34)31(17-29-26)15-19-7-5-4-6-8-19)32(23)16-25(33)30-22-14-20(35-2)10-12-24(22)36-3/h4-14,17H,15-16H2,1-3H3,(H,30,33). The molecule has 3 aromatic carbocycles. The highest BCUT2D eigenvalue weighted by Gasteiger charge is 2.19. The van der Waals surface area contributed by atoms with E-state index in [-0.39, 0.29) is 18.0 Å². The van der Waals surface area contributed by atoms with E-state index in [1.165, 1.54) is 7.11 Å². The molecule has 0 atom stereocenters. The Hall–Kier alpha value is -4.59. The van der Waals surface area contributed by atoms with E-state index in [2.05, 4.69) is 10.3 Å². The molecule has 5 rings (SSSR count). The number of amides is 1. The second kappa shape index (κ2) is 9.58. The van der Waals surface area contributed by atoms with Gasteiger partial charge in [0.1, 0.15) is 29.1 Å². The summed E-state index contributed by atoms with van der Waals surface area (Å²) in [6.07, 6.45) is 1.57. The molecule has 1 amide bonds. The number of nitrogens with zero attached hydrogens (tertiary/aromatic N) is 3. The van der Waals surface area contributed by atoms with Crippen LogP contribution in [-0.2, 0) is 17.9 Å². The predicted molar refractivity (Wildman–Crippen MR) is 140 cm³/mol. The third-order valence-corrected chi connectivity index (χ3v) is 6.16. The van der Waals surface area contributed by atoms with Gasteiger partial charge in [-0.2, -0.15) is 0 Å². The molecular formula is C28H26N4O4. The minimum atomic E-state index is -0.307. The van der Waals surface area contributed by atoms with Crippen molar-refractivity contribution in [2.45, 2.75) is 20.0 Å². The Bertz CT molecular complexity index is 1640. The number of fused-ring (bicyclic) bond motifs is 3. The molecular weight excluding hydrogens is 456 g/mol. The number of benzene rings is 3. The number of hydrogen-bond acceptors (Lipinski definition) is 5. The van der Waals surface area contributed by atoms with E-state index < -0.39 is 0 Å². The minimum absolute atomic E-state index is 0.0737. The van der Waals surface area contributed by atoms with Crippen molar-refractivity contribution in [3.05, 3.63) is 94.5 Å². The van der Waals surface area contributed by atoms with Crippen LogP contribution in [0.25, 0.3) is 21.9 Å². The van der Waals surface area contributed by atoms with Crippen molar-refractivity contribution in [1.29, 1.82) is 0 Å². The van der Waals surface area contributed by atoms with E-state index in [4.69, 9.17) is 9.47 Å². The van der Waals surface area contributed by atoms with Crippen LogP contribution in [0.3, 0.4) is 0 Å². The number of methoxy groups -OCH3 is 2. The molecule has 1 N–H and O–H groups in total. The van der Waals surface area contributed by atoms with Crippen molar-refractivity contribution in [1.82, 2.24) is 14.1 Å². The first kappa shape index (κ1) is 23.2. The first-order chi connectivity index (χ1) is 17.5. The number of hydrogen-bond donors (Lipinski definition) is 1. The van der Waals surface area contributed by atoms with Gasteiger partial charge < -0.3 is 19.4 Å². The molecule has 0 fully saturated rings. The fraction of sp³-hybridized carbons (Fsp3) is 0.179. The zero-order chi connectivity index (χ0) is 25.2. The number of nitrogens with one attached hydrogen (secondary N) is 1. The molecule has 2 aromatic heterocycles. The number of aromatic nitrogens is 3. The van der Waals surface area contributed by atoms with Crippen LogP contribution in [-0.4, -0.2) is 34.2 Å². The molecule has 0 unspecified atom stereocenters. The van der Waals surface area contributed by atoms with Crippen LogP contribution < -0.4 is 20.3 Å².